The summed E-state index contributed by atoms with van der Waals surface area (Å²) in [5.41, 5.74) is 0.0336. The van der Waals surface area contributed by atoms with Gasteiger partial charge in [0.25, 0.3) is 0 Å². The zero-order chi connectivity index (χ0) is 12.1. The molecule has 0 radical (unpaired) electrons. The molecular formula is C11H13AsO4. The van der Waals surface area contributed by atoms with Crippen molar-refractivity contribution in [2.24, 2.45) is 0 Å². The van der Waals surface area contributed by atoms with Gasteiger partial charge in [0.05, 0.1) is 0 Å². The minimum absolute atomic E-state index is 0.0336. The molecule has 0 aliphatic carbocycles. The average molecular weight is 284 g/mol. The van der Waals surface area contributed by atoms with Crippen molar-refractivity contribution in [3.8, 4) is 5.75 Å². The van der Waals surface area contributed by atoms with E-state index in [2.05, 4.69) is 0 Å². The predicted molar refractivity (Wildman–Crippen MR) is 62.1 cm³/mol. The third kappa shape index (κ3) is 3.38. The summed E-state index contributed by atoms with van der Waals surface area (Å²) < 4.78 is 5.86. The normalized spacial score (nSPS) is 9.88. The molecule has 0 aliphatic rings. The van der Waals surface area contributed by atoms with Crippen molar-refractivity contribution in [2.45, 2.75) is 19.8 Å². The van der Waals surface area contributed by atoms with Crippen LogP contribution in [0.15, 0.2) is 18.2 Å². The van der Waals surface area contributed by atoms with Crippen LogP contribution in [0.1, 0.15) is 30.1 Å². The van der Waals surface area contributed by atoms with Gasteiger partial charge >= 0.3 is 102 Å². The van der Waals surface area contributed by atoms with E-state index in [4.69, 9.17) is 9.84 Å². The monoisotopic (exact) mass is 284 g/mol. The zero-order valence-electron chi connectivity index (χ0n) is 8.90. The average Bonchev–Trinajstić information content (AvgIpc) is 2.20. The summed E-state index contributed by atoms with van der Waals surface area (Å²) in [5, 5.41) is 8.95. The van der Waals surface area contributed by atoms with Crippen LogP contribution in [-0.2, 0) is 4.79 Å². The number of rotatable bonds is 4. The van der Waals surface area contributed by atoms with Crippen LogP contribution in [0.25, 0.3) is 0 Å². The molecule has 5 heteroatoms. The Labute approximate surface area is 102 Å². The van der Waals surface area contributed by atoms with Crippen LogP contribution < -0.4 is 9.09 Å². The van der Waals surface area contributed by atoms with Gasteiger partial charge < -0.3 is 0 Å². The van der Waals surface area contributed by atoms with E-state index in [1.54, 1.807) is 6.07 Å². The predicted octanol–water partition coefficient (Wildman–Crippen LogP) is 0.349. The van der Waals surface area contributed by atoms with Crippen LogP contribution in [0.3, 0.4) is 0 Å². The van der Waals surface area contributed by atoms with Crippen molar-refractivity contribution in [3.05, 3.63) is 23.8 Å². The van der Waals surface area contributed by atoms with E-state index in [-0.39, 0.29) is 17.7 Å². The van der Waals surface area contributed by atoms with Crippen molar-refractivity contribution in [1.82, 2.24) is 0 Å². The van der Waals surface area contributed by atoms with E-state index in [0.717, 1.165) is 4.35 Å². The van der Waals surface area contributed by atoms with Crippen molar-refractivity contribution in [3.63, 3.8) is 0 Å². The van der Waals surface area contributed by atoms with Crippen LogP contribution in [0, 0.1) is 0 Å². The second-order valence-corrected chi connectivity index (χ2v) is 4.68. The summed E-state index contributed by atoms with van der Waals surface area (Å²) in [6.07, 6.45) is 0.965. The SMILES string of the molecule is CCCC(=O)Oc1ccc([AsH2])cc1C(=O)O. The molecule has 1 atom stereocenters. The van der Waals surface area contributed by atoms with E-state index < -0.39 is 11.9 Å². The molecule has 1 rings (SSSR count). The molecule has 86 valence electrons. The van der Waals surface area contributed by atoms with Crippen molar-refractivity contribution < 1.29 is 19.4 Å². The molecule has 16 heavy (non-hydrogen) atoms. The van der Waals surface area contributed by atoms with Gasteiger partial charge in [-0.05, 0) is 0 Å². The second kappa shape index (κ2) is 5.71. The molecule has 0 aliphatic heterocycles. The van der Waals surface area contributed by atoms with Gasteiger partial charge in [-0.25, -0.2) is 0 Å². The first kappa shape index (κ1) is 12.8. The van der Waals surface area contributed by atoms with Crippen LogP contribution in [0.4, 0.5) is 0 Å². The second-order valence-electron chi connectivity index (χ2n) is 3.28. The van der Waals surface area contributed by atoms with Crippen LogP contribution in [0.5, 0.6) is 5.75 Å². The van der Waals surface area contributed by atoms with Crippen molar-refractivity contribution in [2.75, 3.05) is 0 Å². The Morgan fingerprint density at radius 2 is 2.12 bits per heavy atom. The number of hydrogen-bond donors (Lipinski definition) is 1. The zero-order valence-corrected chi connectivity index (χ0v) is 11.3. The van der Waals surface area contributed by atoms with E-state index in [1.807, 2.05) is 6.92 Å². The molecule has 0 aromatic heterocycles. The number of benzene rings is 1. The maximum atomic E-state index is 11.3. The first-order chi connectivity index (χ1) is 7.54. The van der Waals surface area contributed by atoms with Crippen LogP contribution in [0.2, 0.25) is 0 Å². The fourth-order valence-electron chi connectivity index (χ4n) is 1.18. The van der Waals surface area contributed by atoms with Gasteiger partial charge in [0.2, 0.25) is 0 Å². The molecule has 0 amide bonds. The van der Waals surface area contributed by atoms with Gasteiger partial charge in [-0.3, -0.25) is 0 Å². The number of carboxylic acid groups (broad SMARTS) is 1. The summed E-state index contributed by atoms with van der Waals surface area (Å²) in [6, 6.07) is 4.77. The Morgan fingerprint density at radius 1 is 1.44 bits per heavy atom. The number of aromatic carboxylic acids is 1. The molecule has 1 aromatic carbocycles. The van der Waals surface area contributed by atoms with Gasteiger partial charge in [-0.1, -0.05) is 0 Å². The number of carbonyl (C=O) groups is 2. The molecule has 1 aromatic rings. The Kier molecular flexibility index (Phi) is 4.56. The molecule has 0 bridgehead atoms. The molecule has 0 spiro atoms. The fraction of sp³-hybridized carbons (Fsp3) is 0.273. The first-order valence-electron chi connectivity index (χ1n) is 4.88. The van der Waals surface area contributed by atoms with Crippen LogP contribution in [-0.4, -0.2) is 33.9 Å². The molecular weight excluding hydrogens is 271 g/mol. The molecule has 1 N–H and O–H groups in total. The van der Waals surface area contributed by atoms with Gasteiger partial charge in [-0.15, -0.1) is 0 Å². The summed E-state index contributed by atoms with van der Waals surface area (Å²) in [7, 11) is 0. The number of hydrogen-bond acceptors (Lipinski definition) is 3. The topological polar surface area (TPSA) is 63.6 Å². The van der Waals surface area contributed by atoms with E-state index in [9.17, 15) is 9.59 Å². The number of carbonyl (C=O) groups excluding carboxylic acids is 1. The molecule has 1 unspecified atom stereocenters. The van der Waals surface area contributed by atoms with Crippen molar-refractivity contribution in [1.29, 1.82) is 0 Å². The quantitative estimate of drug-likeness (QED) is 0.492. The third-order valence-corrected chi connectivity index (χ3v) is 2.67. The Hall–Kier alpha value is -1.28. The molecule has 0 fully saturated rings. The Balaban J connectivity index is 2.95. The third-order valence-electron chi connectivity index (χ3n) is 1.91. The van der Waals surface area contributed by atoms with E-state index in [0.29, 0.717) is 6.42 Å². The standard InChI is InChI=1S/C11H13AsO4/c1-2-3-10(13)16-9-5-4-7(12)6-8(9)11(14)15/h4-6H,2-3,12H2,1H3,(H,14,15). The molecule has 0 saturated heterocycles. The van der Waals surface area contributed by atoms with Crippen LogP contribution >= 0.6 is 0 Å². The number of carboxylic acids is 1. The molecule has 0 heterocycles. The molecule has 4 nitrogen and oxygen atoms in total. The van der Waals surface area contributed by atoms with Gasteiger partial charge in [-0.2, -0.15) is 0 Å². The van der Waals surface area contributed by atoms with Gasteiger partial charge in [0.15, 0.2) is 0 Å². The maximum absolute atomic E-state index is 11.3. The first-order valence-corrected chi connectivity index (χ1v) is 6.09. The summed E-state index contributed by atoms with van der Waals surface area (Å²) >= 11 is 1.32. The van der Waals surface area contributed by atoms with E-state index >= 15 is 0 Å². The van der Waals surface area contributed by atoms with Gasteiger partial charge in [0.1, 0.15) is 0 Å². The summed E-state index contributed by atoms with van der Waals surface area (Å²) in [6.45, 7) is 1.86. The minimum atomic E-state index is -1.08. The molecule has 0 saturated carbocycles. The number of ether oxygens (including phenoxy) is 1. The number of esters is 1. The van der Waals surface area contributed by atoms with Gasteiger partial charge in [0, 0.05) is 0 Å². The fourth-order valence-corrected chi connectivity index (χ4v) is 1.73. The Bertz CT molecular complexity index is 414. The summed E-state index contributed by atoms with van der Waals surface area (Å²) in [5.74, 6) is -1.37. The van der Waals surface area contributed by atoms with Crippen molar-refractivity contribution >= 4 is 33.1 Å². The summed E-state index contributed by atoms with van der Waals surface area (Å²) in [4.78, 5) is 22.2. The Morgan fingerprint density at radius 3 is 2.69 bits per heavy atom. The van der Waals surface area contributed by atoms with E-state index in [1.165, 1.54) is 29.0 Å².